The maximum atomic E-state index is 13.6. The van der Waals surface area contributed by atoms with Crippen LogP contribution in [0.15, 0.2) is 66.9 Å². The minimum absolute atomic E-state index is 0.202. The first-order chi connectivity index (χ1) is 15.0. The zero-order chi connectivity index (χ0) is 23.5. The van der Waals surface area contributed by atoms with E-state index in [9.17, 15) is 27.5 Å². The van der Waals surface area contributed by atoms with Gasteiger partial charge in [-0.2, -0.15) is 13.2 Å². The minimum atomic E-state index is -4.68. The van der Waals surface area contributed by atoms with Crippen LogP contribution < -0.4 is 5.32 Å². The van der Waals surface area contributed by atoms with Gasteiger partial charge in [0.05, 0.1) is 22.9 Å². The van der Waals surface area contributed by atoms with Gasteiger partial charge in [-0.25, -0.2) is 4.39 Å². The molecule has 3 aromatic rings. The number of benzene rings is 2. The van der Waals surface area contributed by atoms with E-state index in [1.54, 1.807) is 26.0 Å². The van der Waals surface area contributed by atoms with Gasteiger partial charge in [0.2, 0.25) is 0 Å². The molecule has 0 aliphatic heterocycles. The fraction of sp³-hybridized carbons (Fsp3) is 0.250. The number of carbonyl (C=O) groups is 1. The molecule has 32 heavy (non-hydrogen) atoms. The molecule has 1 amide bonds. The van der Waals surface area contributed by atoms with Crippen molar-refractivity contribution in [3.63, 3.8) is 0 Å². The first-order valence-corrected chi connectivity index (χ1v) is 9.81. The summed E-state index contributed by atoms with van der Waals surface area (Å²) in [5.74, 6) is -0.620. The first kappa shape index (κ1) is 23.4. The van der Waals surface area contributed by atoms with E-state index in [1.807, 2.05) is 0 Å². The SMILES string of the molecule is CC(C)(O)c1ccc(C(=O)N[C@@H](c2ccc(CF)cc2)c2ncccc2C(F)(F)F)cc1. The fourth-order valence-corrected chi connectivity index (χ4v) is 3.24. The molecule has 1 atom stereocenters. The van der Waals surface area contributed by atoms with Crippen molar-refractivity contribution in [3.05, 3.63) is 100 Å². The summed E-state index contributed by atoms with van der Waals surface area (Å²) in [6, 6.07) is 12.8. The number of nitrogens with zero attached hydrogens (tertiary/aromatic N) is 1. The second kappa shape index (κ2) is 9.08. The number of carbonyl (C=O) groups excluding carboxylic acids is 1. The lowest BCUT2D eigenvalue weighted by molar-refractivity contribution is -0.138. The first-order valence-electron chi connectivity index (χ1n) is 9.81. The lowest BCUT2D eigenvalue weighted by Crippen LogP contribution is -2.31. The number of nitrogens with one attached hydrogen (secondary N) is 1. The van der Waals surface area contributed by atoms with E-state index in [-0.39, 0.29) is 11.3 Å². The second-order valence-corrected chi connectivity index (χ2v) is 7.85. The van der Waals surface area contributed by atoms with E-state index in [2.05, 4.69) is 10.3 Å². The largest absolute Gasteiger partial charge is 0.418 e. The van der Waals surface area contributed by atoms with Gasteiger partial charge in [0.25, 0.3) is 5.91 Å². The summed E-state index contributed by atoms with van der Waals surface area (Å²) in [5, 5.41) is 12.7. The van der Waals surface area contributed by atoms with Crippen molar-refractivity contribution in [2.45, 2.75) is 38.3 Å². The molecule has 0 bridgehead atoms. The summed E-state index contributed by atoms with van der Waals surface area (Å²) in [5.41, 5.74) is -0.979. The highest BCUT2D eigenvalue weighted by Crippen LogP contribution is 2.35. The highest BCUT2D eigenvalue weighted by Gasteiger charge is 2.37. The molecule has 0 saturated carbocycles. The van der Waals surface area contributed by atoms with Crippen molar-refractivity contribution >= 4 is 5.91 Å². The van der Waals surface area contributed by atoms with Gasteiger partial charge < -0.3 is 10.4 Å². The van der Waals surface area contributed by atoms with Crippen LogP contribution in [-0.2, 0) is 18.5 Å². The monoisotopic (exact) mass is 446 g/mol. The van der Waals surface area contributed by atoms with Crippen molar-refractivity contribution < 1.29 is 27.5 Å². The summed E-state index contributed by atoms with van der Waals surface area (Å²) in [4.78, 5) is 16.8. The molecule has 0 unspecified atom stereocenters. The molecule has 1 aromatic heterocycles. The number of pyridine rings is 1. The molecule has 0 aliphatic carbocycles. The molecular weight excluding hydrogens is 424 g/mol. The lowest BCUT2D eigenvalue weighted by atomic mass is 9.96. The minimum Gasteiger partial charge on any atom is -0.386 e. The quantitative estimate of drug-likeness (QED) is 0.504. The highest BCUT2D eigenvalue weighted by molar-refractivity contribution is 5.94. The Kier molecular flexibility index (Phi) is 6.64. The summed E-state index contributed by atoms with van der Waals surface area (Å²) in [6.45, 7) is 2.47. The second-order valence-electron chi connectivity index (χ2n) is 7.85. The summed E-state index contributed by atoms with van der Waals surface area (Å²) < 4.78 is 53.8. The van der Waals surface area contributed by atoms with Crippen LogP contribution in [0.4, 0.5) is 17.6 Å². The van der Waals surface area contributed by atoms with E-state index < -0.39 is 36.0 Å². The van der Waals surface area contributed by atoms with Gasteiger partial charge in [-0.1, -0.05) is 36.4 Å². The third-order valence-corrected chi connectivity index (χ3v) is 5.01. The van der Waals surface area contributed by atoms with Gasteiger partial charge in [0.1, 0.15) is 6.67 Å². The molecule has 168 valence electrons. The van der Waals surface area contributed by atoms with Crippen LogP contribution in [0.25, 0.3) is 0 Å². The zero-order valence-electron chi connectivity index (χ0n) is 17.4. The number of alkyl halides is 4. The van der Waals surface area contributed by atoms with E-state index in [1.165, 1.54) is 48.7 Å². The summed E-state index contributed by atoms with van der Waals surface area (Å²) >= 11 is 0. The Labute approximate surface area is 182 Å². The van der Waals surface area contributed by atoms with Crippen molar-refractivity contribution in [1.82, 2.24) is 10.3 Å². The Morgan fingerprint density at radius 1 is 1.03 bits per heavy atom. The number of rotatable bonds is 6. The molecule has 0 aliphatic rings. The van der Waals surface area contributed by atoms with Crippen LogP contribution in [0.3, 0.4) is 0 Å². The van der Waals surface area contributed by atoms with Crippen molar-refractivity contribution in [3.8, 4) is 0 Å². The van der Waals surface area contributed by atoms with E-state index >= 15 is 0 Å². The van der Waals surface area contributed by atoms with Crippen LogP contribution in [0, 0.1) is 0 Å². The number of amides is 1. The smallest absolute Gasteiger partial charge is 0.386 e. The summed E-state index contributed by atoms with van der Waals surface area (Å²) in [7, 11) is 0. The molecule has 2 aromatic carbocycles. The van der Waals surface area contributed by atoms with Gasteiger partial charge in [-0.3, -0.25) is 9.78 Å². The maximum Gasteiger partial charge on any atom is 0.418 e. The molecule has 4 nitrogen and oxygen atoms in total. The Morgan fingerprint density at radius 3 is 2.19 bits per heavy atom. The third-order valence-electron chi connectivity index (χ3n) is 5.01. The predicted octanol–water partition coefficient (Wildman–Crippen LogP) is 5.32. The van der Waals surface area contributed by atoms with Crippen LogP contribution in [0.1, 0.15) is 58.2 Å². The number of aliphatic hydroxyl groups is 1. The number of hydrogen-bond donors (Lipinski definition) is 2. The van der Waals surface area contributed by atoms with Gasteiger partial charge in [-0.15, -0.1) is 0 Å². The average molecular weight is 446 g/mol. The van der Waals surface area contributed by atoms with E-state index in [0.717, 1.165) is 6.07 Å². The number of hydrogen-bond acceptors (Lipinski definition) is 3. The van der Waals surface area contributed by atoms with E-state index in [4.69, 9.17) is 0 Å². The molecule has 0 saturated heterocycles. The molecule has 0 spiro atoms. The molecule has 8 heteroatoms. The van der Waals surface area contributed by atoms with Crippen LogP contribution >= 0.6 is 0 Å². The van der Waals surface area contributed by atoms with Gasteiger partial charge in [0, 0.05) is 11.8 Å². The van der Waals surface area contributed by atoms with Crippen LogP contribution in [0.5, 0.6) is 0 Å². The normalized spacial score (nSPS) is 13.0. The van der Waals surface area contributed by atoms with Crippen molar-refractivity contribution in [2.75, 3.05) is 0 Å². The van der Waals surface area contributed by atoms with E-state index in [0.29, 0.717) is 16.7 Å². The Hall–Kier alpha value is -3.26. The Morgan fingerprint density at radius 2 is 1.66 bits per heavy atom. The molecule has 2 N–H and O–H groups in total. The van der Waals surface area contributed by atoms with Crippen LogP contribution in [0.2, 0.25) is 0 Å². The van der Waals surface area contributed by atoms with Gasteiger partial charge in [0.15, 0.2) is 0 Å². The number of halogens is 4. The fourth-order valence-electron chi connectivity index (χ4n) is 3.24. The average Bonchev–Trinajstić information content (AvgIpc) is 2.76. The number of aromatic nitrogens is 1. The van der Waals surface area contributed by atoms with Gasteiger partial charge in [-0.05, 0) is 54.8 Å². The summed E-state index contributed by atoms with van der Waals surface area (Å²) in [6.07, 6.45) is -3.46. The lowest BCUT2D eigenvalue weighted by Gasteiger charge is -2.23. The Bertz CT molecular complexity index is 1070. The van der Waals surface area contributed by atoms with Crippen molar-refractivity contribution in [1.29, 1.82) is 0 Å². The molecular formula is C24H22F4N2O2. The van der Waals surface area contributed by atoms with Gasteiger partial charge >= 0.3 is 6.18 Å². The third kappa shape index (κ3) is 5.31. The van der Waals surface area contributed by atoms with Crippen LogP contribution in [-0.4, -0.2) is 16.0 Å². The highest BCUT2D eigenvalue weighted by atomic mass is 19.4. The molecule has 0 fully saturated rings. The molecule has 3 rings (SSSR count). The van der Waals surface area contributed by atoms with Crippen molar-refractivity contribution in [2.24, 2.45) is 0 Å². The maximum absolute atomic E-state index is 13.6. The Balaban J connectivity index is 2.01. The standard InChI is InChI=1S/C24H22F4N2O2/c1-23(2,32)18-11-9-17(10-12-18)22(31)30-20(16-7-5-15(14-25)6-8-16)21-19(24(26,27)28)4-3-13-29-21/h3-13,20,32H,14H2,1-2H3,(H,30,31)/t20-/m0/s1. The molecule has 0 radical (unpaired) electrons. The molecule has 1 heterocycles. The predicted molar refractivity (Wildman–Crippen MR) is 111 cm³/mol. The topological polar surface area (TPSA) is 62.2 Å². The zero-order valence-corrected chi connectivity index (χ0v) is 17.4.